The van der Waals surface area contributed by atoms with E-state index < -0.39 is 50.7 Å². The van der Waals surface area contributed by atoms with Crippen LogP contribution in [0.25, 0.3) is 5.76 Å². The van der Waals surface area contributed by atoms with Gasteiger partial charge in [0, 0.05) is 24.2 Å². The molecule has 2 rings (SSSR count). The largest absolute Gasteiger partial charge is 0.506 e. The minimum atomic E-state index is -1.02. The second-order valence-electron chi connectivity index (χ2n) is 5.93. The van der Waals surface area contributed by atoms with Crippen molar-refractivity contribution in [1.82, 2.24) is 4.90 Å². The molecule has 0 heterocycles. The van der Waals surface area contributed by atoms with E-state index in [-0.39, 0.29) is 6.54 Å². The maximum atomic E-state index is 13.1. The third kappa shape index (κ3) is 4.82. The lowest BCUT2D eigenvalue weighted by molar-refractivity contribution is -0.386. The van der Waals surface area contributed by atoms with Crippen LogP contribution in [0.15, 0.2) is 42.0 Å². The Kier molecular flexibility index (Phi) is 6.58. The molecule has 2 aromatic rings. The van der Waals surface area contributed by atoms with Gasteiger partial charge in [-0.3, -0.25) is 14.9 Å². The van der Waals surface area contributed by atoms with E-state index >= 15 is 0 Å². The second-order valence-corrected chi connectivity index (χ2v) is 5.93. The van der Waals surface area contributed by atoms with Gasteiger partial charge >= 0.3 is 5.69 Å². The number of benzene rings is 2. The molecular formula is C20H14FN3O6. The lowest BCUT2D eigenvalue weighted by atomic mass is 10.1. The van der Waals surface area contributed by atoms with Crippen LogP contribution < -0.4 is 0 Å². The van der Waals surface area contributed by atoms with Gasteiger partial charge in [-0.15, -0.1) is 0 Å². The van der Waals surface area contributed by atoms with Gasteiger partial charge in [-0.05, 0) is 24.3 Å². The van der Waals surface area contributed by atoms with E-state index in [1.54, 1.807) is 6.07 Å². The number of amides is 1. The van der Waals surface area contributed by atoms with Crippen molar-refractivity contribution in [1.29, 1.82) is 5.26 Å². The average molecular weight is 411 g/mol. The first kappa shape index (κ1) is 21.7. The molecule has 0 fully saturated rings. The van der Waals surface area contributed by atoms with Crippen LogP contribution in [0.4, 0.5) is 10.1 Å². The fourth-order valence-electron chi connectivity index (χ4n) is 2.32. The number of phenols is 2. The SMILES string of the molecule is CN(CC#Cc1cccc(F)c1)C(=O)/C(C#N)=C(\O)c1cc(O)c(O)c([N+](=O)[O-])c1. The molecule has 0 radical (unpaired) electrons. The average Bonchev–Trinajstić information content (AvgIpc) is 2.69. The van der Waals surface area contributed by atoms with Gasteiger partial charge in [0.1, 0.15) is 17.6 Å². The molecule has 0 saturated carbocycles. The lowest BCUT2D eigenvalue weighted by Gasteiger charge is -2.14. The first-order valence-corrected chi connectivity index (χ1v) is 8.19. The number of aromatic hydroxyl groups is 2. The Balaban J connectivity index is 2.32. The molecule has 1 amide bonds. The topological polar surface area (TPSA) is 148 Å². The highest BCUT2D eigenvalue weighted by Crippen LogP contribution is 2.38. The van der Waals surface area contributed by atoms with E-state index in [0.717, 1.165) is 11.0 Å². The lowest BCUT2D eigenvalue weighted by Crippen LogP contribution is -2.28. The van der Waals surface area contributed by atoms with Crippen LogP contribution in [-0.4, -0.2) is 44.6 Å². The zero-order valence-corrected chi connectivity index (χ0v) is 15.5. The molecule has 0 aliphatic heterocycles. The van der Waals surface area contributed by atoms with Crippen molar-refractivity contribution in [2.75, 3.05) is 13.6 Å². The molecule has 0 saturated heterocycles. The van der Waals surface area contributed by atoms with Gasteiger partial charge in [-0.25, -0.2) is 4.39 Å². The molecule has 0 aliphatic carbocycles. The van der Waals surface area contributed by atoms with Gasteiger partial charge in [-0.1, -0.05) is 17.9 Å². The van der Waals surface area contributed by atoms with Crippen LogP contribution in [0.5, 0.6) is 11.5 Å². The predicted molar refractivity (Wildman–Crippen MR) is 103 cm³/mol. The van der Waals surface area contributed by atoms with Crippen LogP contribution in [-0.2, 0) is 4.79 Å². The van der Waals surface area contributed by atoms with Gasteiger partial charge in [-0.2, -0.15) is 5.26 Å². The Morgan fingerprint density at radius 1 is 1.30 bits per heavy atom. The summed E-state index contributed by atoms with van der Waals surface area (Å²) in [6.07, 6.45) is 0. The Hall–Kier alpha value is -4.57. The second kappa shape index (κ2) is 9.08. The van der Waals surface area contributed by atoms with Gasteiger partial charge in [0.05, 0.1) is 11.5 Å². The van der Waals surface area contributed by atoms with Crippen molar-refractivity contribution in [3.05, 3.63) is 69.0 Å². The number of hydrogen-bond acceptors (Lipinski definition) is 7. The summed E-state index contributed by atoms with van der Waals surface area (Å²) >= 11 is 0. The Bertz CT molecular complexity index is 1160. The van der Waals surface area contributed by atoms with Gasteiger partial charge in [0.25, 0.3) is 5.91 Å². The summed E-state index contributed by atoms with van der Waals surface area (Å²) in [5.41, 5.74) is -1.72. The molecule has 0 aromatic heterocycles. The number of carbonyl (C=O) groups is 1. The summed E-state index contributed by atoms with van der Waals surface area (Å²) in [6, 6.07) is 8.46. The van der Waals surface area contributed by atoms with E-state index in [4.69, 9.17) is 0 Å². The quantitative estimate of drug-likeness (QED) is 0.133. The third-order valence-electron chi connectivity index (χ3n) is 3.82. The molecule has 152 valence electrons. The Morgan fingerprint density at radius 2 is 2.00 bits per heavy atom. The third-order valence-corrected chi connectivity index (χ3v) is 3.82. The van der Waals surface area contributed by atoms with E-state index in [1.165, 1.54) is 31.3 Å². The number of nitro benzene ring substituents is 1. The number of aliphatic hydroxyl groups excluding tert-OH is 1. The molecule has 2 aromatic carbocycles. The molecular weight excluding hydrogens is 397 g/mol. The van der Waals surface area contributed by atoms with Crippen LogP contribution in [0, 0.1) is 39.1 Å². The maximum absolute atomic E-state index is 13.1. The van der Waals surface area contributed by atoms with Crippen molar-refractivity contribution < 1.29 is 29.4 Å². The molecule has 0 unspecified atom stereocenters. The highest BCUT2D eigenvalue weighted by atomic mass is 19.1. The van der Waals surface area contributed by atoms with Crippen LogP contribution in [0.1, 0.15) is 11.1 Å². The van der Waals surface area contributed by atoms with Gasteiger partial charge in [0.2, 0.25) is 5.75 Å². The number of rotatable bonds is 4. The Labute approximate surface area is 169 Å². The number of halogens is 1. The molecule has 0 atom stereocenters. The fraction of sp³-hybridized carbons (Fsp3) is 0.100. The summed E-state index contributed by atoms with van der Waals surface area (Å²) in [5.74, 6) is 0.982. The zero-order chi connectivity index (χ0) is 22.4. The smallest absolute Gasteiger partial charge is 0.315 e. The van der Waals surface area contributed by atoms with Crippen molar-refractivity contribution in [2.45, 2.75) is 0 Å². The number of phenolic OH excluding ortho intramolecular Hbond substituents is 2. The van der Waals surface area contributed by atoms with E-state index in [1.807, 2.05) is 0 Å². The molecule has 3 N–H and O–H groups in total. The number of nitrogens with zero attached hydrogens (tertiary/aromatic N) is 3. The van der Waals surface area contributed by atoms with E-state index in [0.29, 0.717) is 11.6 Å². The number of nitro groups is 1. The molecule has 30 heavy (non-hydrogen) atoms. The van der Waals surface area contributed by atoms with E-state index in [9.17, 15) is 39.9 Å². The van der Waals surface area contributed by atoms with Crippen molar-refractivity contribution in [3.63, 3.8) is 0 Å². The molecule has 0 aliphatic rings. The van der Waals surface area contributed by atoms with Crippen molar-refractivity contribution in [2.24, 2.45) is 0 Å². The minimum absolute atomic E-state index is 0.172. The van der Waals surface area contributed by atoms with Crippen molar-refractivity contribution in [3.8, 4) is 29.4 Å². The number of nitriles is 1. The summed E-state index contributed by atoms with van der Waals surface area (Å²) in [4.78, 5) is 23.4. The monoisotopic (exact) mass is 411 g/mol. The van der Waals surface area contributed by atoms with Crippen LogP contribution in [0.2, 0.25) is 0 Å². The summed E-state index contributed by atoms with van der Waals surface area (Å²) < 4.78 is 13.1. The maximum Gasteiger partial charge on any atom is 0.315 e. The Morgan fingerprint density at radius 3 is 2.60 bits per heavy atom. The summed E-state index contributed by atoms with van der Waals surface area (Å²) in [6.45, 7) is -0.172. The first-order chi connectivity index (χ1) is 14.1. The molecule has 0 bridgehead atoms. The minimum Gasteiger partial charge on any atom is -0.506 e. The normalized spacial score (nSPS) is 10.8. The predicted octanol–water partition coefficient (Wildman–Crippen LogP) is 2.45. The van der Waals surface area contributed by atoms with E-state index in [2.05, 4.69) is 11.8 Å². The van der Waals surface area contributed by atoms with Gasteiger partial charge in [0.15, 0.2) is 11.3 Å². The number of hydrogen-bond donors (Lipinski definition) is 3. The molecule has 10 heteroatoms. The van der Waals surface area contributed by atoms with Crippen molar-refractivity contribution >= 4 is 17.4 Å². The highest BCUT2D eigenvalue weighted by Gasteiger charge is 2.24. The molecule has 0 spiro atoms. The standard InChI is InChI=1S/C20H14FN3O6/c1-23(7-3-5-12-4-2-6-14(21)8-12)20(28)15(11-22)18(26)13-9-16(24(29)30)19(27)17(25)10-13/h2,4,6,8-10,25-27H,7H2,1H3/b18-15-. The highest BCUT2D eigenvalue weighted by molar-refractivity contribution is 6.03. The van der Waals surface area contributed by atoms with Crippen LogP contribution >= 0.6 is 0 Å². The number of aliphatic hydroxyl groups is 1. The fourth-order valence-corrected chi connectivity index (χ4v) is 2.32. The zero-order valence-electron chi connectivity index (χ0n) is 15.5. The number of likely N-dealkylation sites (N-methyl/N-ethyl adjacent to an activating group) is 1. The number of carbonyl (C=O) groups excluding carboxylic acids is 1. The van der Waals surface area contributed by atoms with Gasteiger partial charge < -0.3 is 20.2 Å². The molecule has 9 nitrogen and oxygen atoms in total. The summed E-state index contributed by atoms with van der Waals surface area (Å²) in [7, 11) is 1.30. The van der Waals surface area contributed by atoms with Crippen LogP contribution in [0.3, 0.4) is 0 Å². The first-order valence-electron chi connectivity index (χ1n) is 8.19. The summed E-state index contributed by atoms with van der Waals surface area (Å²) in [5, 5.41) is 49.6.